The van der Waals surface area contributed by atoms with Crippen molar-refractivity contribution in [2.45, 2.75) is 23.6 Å². The van der Waals surface area contributed by atoms with Gasteiger partial charge in [0.15, 0.2) is 16.6 Å². The lowest BCUT2D eigenvalue weighted by molar-refractivity contribution is -0.148. The highest BCUT2D eigenvalue weighted by Gasteiger charge is 2.57. The lowest BCUT2D eigenvalue weighted by Gasteiger charge is -2.50. The number of halogens is 3. The molecule has 10 nitrogen and oxygen atoms in total. The highest BCUT2D eigenvalue weighted by Crippen LogP contribution is 2.51. The van der Waals surface area contributed by atoms with Gasteiger partial charge < -0.3 is 25.6 Å². The Morgan fingerprint density at radius 3 is 2.60 bits per heavy atom. The first kappa shape index (κ1) is 28.4. The van der Waals surface area contributed by atoms with Gasteiger partial charge in [-0.3, -0.25) is 14.5 Å². The van der Waals surface area contributed by atoms with Crippen LogP contribution in [0, 0.1) is 0 Å². The van der Waals surface area contributed by atoms with Gasteiger partial charge in [-0.1, -0.05) is 40.9 Å². The van der Waals surface area contributed by atoms with Crippen molar-refractivity contribution < 1.29 is 29.0 Å². The summed E-state index contributed by atoms with van der Waals surface area (Å²) in [5.41, 5.74) is 6.09. The first-order valence-corrected chi connectivity index (χ1v) is 14.5. The number of aromatic nitrogens is 1. The van der Waals surface area contributed by atoms with Crippen LogP contribution < -0.4 is 20.5 Å². The molecule has 1 saturated heterocycles. The average molecular weight is 642 g/mol. The second-order valence-electron chi connectivity index (χ2n) is 8.62. The smallest absolute Gasteiger partial charge is 0.352 e. The molecule has 2 aliphatic rings. The summed E-state index contributed by atoms with van der Waals surface area (Å²) < 4.78 is 11.9. The third-order valence-corrected chi connectivity index (χ3v) is 8.95. The topological polar surface area (TPSA) is 144 Å². The zero-order chi connectivity index (χ0) is 28.7. The molecule has 3 heterocycles. The van der Waals surface area contributed by atoms with E-state index in [0.717, 1.165) is 0 Å². The van der Waals surface area contributed by atoms with E-state index in [4.69, 9.17) is 50.0 Å². The number of carboxylic acids is 1. The number of benzene rings is 2. The van der Waals surface area contributed by atoms with Gasteiger partial charge in [0.25, 0.3) is 0 Å². The number of nitrogens with two attached hydrogens (primary N) is 1. The fourth-order valence-corrected chi connectivity index (χ4v) is 7.12. The van der Waals surface area contributed by atoms with Crippen LogP contribution in [-0.2, 0) is 14.4 Å². The van der Waals surface area contributed by atoms with Crippen molar-refractivity contribution in [2.75, 3.05) is 12.3 Å². The number of amides is 2. The predicted octanol–water partition coefficient (Wildman–Crippen LogP) is 5.36. The Morgan fingerprint density at radius 1 is 1.18 bits per heavy atom. The van der Waals surface area contributed by atoms with E-state index in [2.05, 4.69) is 10.3 Å². The SMILES string of the molecule is CC(=O)NC1S[C@H]2C(c3csc(N)n3)C(=O)N2C(C(=O)O)=C1COc1cccc(Cl)c1Oc1ccc(Cl)cc1Cl. The van der Waals surface area contributed by atoms with Crippen molar-refractivity contribution in [2.24, 2.45) is 0 Å². The molecule has 208 valence electrons. The number of thiazole rings is 1. The van der Waals surface area contributed by atoms with Crippen LogP contribution in [0.4, 0.5) is 5.13 Å². The minimum absolute atomic E-state index is 0.129. The number of nitrogen functional groups attached to an aromatic ring is 1. The normalized spacial score (nSPS) is 20.1. The number of nitrogens with zero attached hydrogens (tertiary/aromatic N) is 2. The summed E-state index contributed by atoms with van der Waals surface area (Å²) in [6, 6.07) is 9.45. The molecule has 0 bridgehead atoms. The van der Waals surface area contributed by atoms with Gasteiger partial charge in [-0.25, -0.2) is 9.78 Å². The van der Waals surface area contributed by atoms with Gasteiger partial charge in [-0.15, -0.1) is 23.1 Å². The third-order valence-electron chi connectivity index (χ3n) is 6.00. The summed E-state index contributed by atoms with van der Waals surface area (Å²) in [4.78, 5) is 43.1. The summed E-state index contributed by atoms with van der Waals surface area (Å²) in [5, 5.41) is 14.3. The van der Waals surface area contributed by atoms with E-state index in [-0.39, 0.29) is 45.2 Å². The Kier molecular flexibility index (Phi) is 8.07. The molecule has 5 rings (SSSR count). The highest BCUT2D eigenvalue weighted by atomic mass is 35.5. The molecule has 1 aromatic heterocycles. The molecule has 15 heteroatoms. The van der Waals surface area contributed by atoms with E-state index >= 15 is 0 Å². The number of fused-ring (bicyclic) bond motifs is 1. The van der Waals surface area contributed by atoms with Gasteiger partial charge in [-0.05, 0) is 30.3 Å². The maximum Gasteiger partial charge on any atom is 0.352 e. The molecule has 2 aliphatic heterocycles. The largest absolute Gasteiger partial charge is 0.485 e. The van der Waals surface area contributed by atoms with Crippen LogP contribution in [0.25, 0.3) is 0 Å². The number of hydrogen-bond acceptors (Lipinski definition) is 9. The molecular weight excluding hydrogens is 623 g/mol. The molecule has 2 amide bonds. The van der Waals surface area contributed by atoms with E-state index in [1.807, 2.05) is 0 Å². The Balaban J connectivity index is 1.48. The molecule has 4 N–H and O–H groups in total. The number of carbonyl (C=O) groups excluding carboxylic acids is 2. The molecule has 0 spiro atoms. The highest BCUT2D eigenvalue weighted by molar-refractivity contribution is 8.00. The van der Waals surface area contributed by atoms with Crippen molar-refractivity contribution in [1.82, 2.24) is 15.2 Å². The fraction of sp³-hybridized carbons (Fsp3) is 0.200. The average Bonchev–Trinajstić information content (AvgIpc) is 3.30. The van der Waals surface area contributed by atoms with E-state index in [1.54, 1.807) is 35.7 Å². The van der Waals surface area contributed by atoms with E-state index < -0.39 is 34.4 Å². The van der Waals surface area contributed by atoms with Crippen LogP contribution in [0.1, 0.15) is 18.5 Å². The zero-order valence-corrected chi connectivity index (χ0v) is 24.3. The summed E-state index contributed by atoms with van der Waals surface area (Å²) in [6.07, 6.45) is 0. The van der Waals surface area contributed by atoms with Crippen LogP contribution in [0.15, 0.2) is 53.0 Å². The first-order chi connectivity index (χ1) is 19.0. The number of aliphatic carboxylic acids is 1. The van der Waals surface area contributed by atoms with Crippen molar-refractivity contribution in [1.29, 1.82) is 0 Å². The minimum atomic E-state index is -1.35. The summed E-state index contributed by atoms with van der Waals surface area (Å²) in [7, 11) is 0. The number of para-hydroxylation sites is 1. The number of nitrogens with one attached hydrogen (secondary N) is 1. The molecule has 0 radical (unpaired) electrons. The lowest BCUT2D eigenvalue weighted by Crippen LogP contribution is -2.62. The van der Waals surface area contributed by atoms with Crippen LogP contribution in [-0.4, -0.2) is 50.1 Å². The molecule has 3 aromatic rings. The van der Waals surface area contributed by atoms with Gasteiger partial charge in [0.1, 0.15) is 34.7 Å². The monoisotopic (exact) mass is 640 g/mol. The predicted molar refractivity (Wildman–Crippen MR) is 153 cm³/mol. The first-order valence-electron chi connectivity index (χ1n) is 11.5. The molecule has 40 heavy (non-hydrogen) atoms. The second-order valence-corrected chi connectivity index (χ2v) is 12.0. The molecule has 2 unspecified atom stereocenters. The Labute approximate surface area is 251 Å². The molecule has 2 aromatic carbocycles. The molecule has 0 aliphatic carbocycles. The molecule has 3 atom stereocenters. The number of β-lactam (4-membered cyclic amide) rings is 1. The fourth-order valence-electron chi connectivity index (χ4n) is 4.27. The van der Waals surface area contributed by atoms with E-state index in [0.29, 0.717) is 15.8 Å². The molecule has 0 saturated carbocycles. The lowest BCUT2D eigenvalue weighted by atomic mass is 9.92. The van der Waals surface area contributed by atoms with Crippen LogP contribution >= 0.6 is 57.9 Å². The Morgan fingerprint density at radius 2 is 1.95 bits per heavy atom. The van der Waals surface area contributed by atoms with Crippen LogP contribution in [0.2, 0.25) is 15.1 Å². The van der Waals surface area contributed by atoms with Crippen molar-refractivity contribution in [3.63, 3.8) is 0 Å². The number of anilines is 1. The zero-order valence-electron chi connectivity index (χ0n) is 20.4. The maximum atomic E-state index is 13.2. The number of carboxylic acid groups (broad SMARTS) is 1. The number of rotatable bonds is 8. The van der Waals surface area contributed by atoms with Crippen LogP contribution in [0.3, 0.4) is 0 Å². The van der Waals surface area contributed by atoms with Crippen LogP contribution in [0.5, 0.6) is 17.2 Å². The van der Waals surface area contributed by atoms with Gasteiger partial charge in [0, 0.05) is 22.9 Å². The summed E-state index contributed by atoms with van der Waals surface area (Å²) in [6.45, 7) is 1.00. The Bertz CT molecular complexity index is 1560. The third kappa shape index (κ3) is 5.41. The second kappa shape index (κ2) is 11.4. The van der Waals surface area contributed by atoms with Gasteiger partial charge >= 0.3 is 5.97 Å². The summed E-state index contributed by atoms with van der Waals surface area (Å²) in [5.74, 6) is -2.31. The standard InChI is InChI=1S/C25H19Cl3N4O6S2/c1-10(33)30-21-12(19(24(35)36)32-22(34)18(23(32)40-21)15-9-39-25(29)31-15)8-37-17-4-2-3-13(27)20(17)38-16-6-5-11(26)7-14(16)28/h2-7,9,18,21,23H,8H2,1H3,(H2,29,31)(H,30,33)(H,35,36)/t18?,21?,23-/m0/s1. The number of hydrogen-bond donors (Lipinski definition) is 3. The van der Waals surface area contributed by atoms with Gasteiger partial charge in [0.2, 0.25) is 11.8 Å². The minimum Gasteiger partial charge on any atom is -0.485 e. The van der Waals surface area contributed by atoms with Crippen molar-refractivity contribution in [3.05, 3.63) is 73.8 Å². The summed E-state index contributed by atoms with van der Waals surface area (Å²) >= 11 is 21.0. The van der Waals surface area contributed by atoms with E-state index in [1.165, 1.54) is 41.0 Å². The van der Waals surface area contributed by atoms with Crippen molar-refractivity contribution >= 4 is 80.8 Å². The van der Waals surface area contributed by atoms with Gasteiger partial charge in [0.05, 0.1) is 15.7 Å². The van der Waals surface area contributed by atoms with Gasteiger partial charge in [-0.2, -0.15) is 0 Å². The molecule has 1 fully saturated rings. The van der Waals surface area contributed by atoms with Crippen molar-refractivity contribution in [3.8, 4) is 17.2 Å². The molecular formula is C25H19Cl3N4O6S2. The number of carbonyl (C=O) groups is 3. The Hall–Kier alpha value is -3.16. The quantitative estimate of drug-likeness (QED) is 0.277. The van der Waals surface area contributed by atoms with E-state index in [9.17, 15) is 19.5 Å². The number of thioether (sulfide) groups is 1. The number of ether oxygens (including phenoxy) is 2. The maximum absolute atomic E-state index is 13.2.